The van der Waals surface area contributed by atoms with E-state index < -0.39 is 6.61 Å². The van der Waals surface area contributed by atoms with E-state index >= 15 is 0 Å². The van der Waals surface area contributed by atoms with E-state index in [1.807, 2.05) is 17.0 Å². The molecule has 9 heteroatoms. The molecule has 7 nitrogen and oxygen atoms in total. The van der Waals surface area contributed by atoms with E-state index in [1.54, 1.807) is 36.2 Å². The number of ether oxygens (including phenoxy) is 2. The largest absolute Gasteiger partial charge is 0.493 e. The Morgan fingerprint density at radius 3 is 2.36 bits per heavy atom. The minimum absolute atomic E-state index is 0.0466. The third kappa shape index (κ3) is 7.15. The quantitative estimate of drug-likeness (QED) is 0.588. The predicted molar refractivity (Wildman–Crippen MR) is 119 cm³/mol. The molecule has 0 radical (unpaired) electrons. The number of hydrogen-bond acceptors (Lipinski definition) is 5. The molecule has 1 saturated heterocycles. The smallest absolute Gasteiger partial charge is 0.387 e. The lowest BCUT2D eigenvalue weighted by Gasteiger charge is -2.18. The molecule has 1 heterocycles. The molecule has 0 spiro atoms. The second-order valence-electron chi connectivity index (χ2n) is 8.01. The Morgan fingerprint density at radius 2 is 1.73 bits per heavy atom. The summed E-state index contributed by atoms with van der Waals surface area (Å²) >= 11 is 0. The number of benzene rings is 2. The summed E-state index contributed by atoms with van der Waals surface area (Å²) in [6, 6.07) is 12.0. The summed E-state index contributed by atoms with van der Waals surface area (Å²) in [5.41, 5.74) is 2.26. The van der Waals surface area contributed by atoms with E-state index in [1.165, 1.54) is 13.2 Å². The highest BCUT2D eigenvalue weighted by atomic mass is 19.3. The summed E-state index contributed by atoms with van der Waals surface area (Å²) in [7, 11) is 3.14. The first-order chi connectivity index (χ1) is 15.9. The molecule has 2 amide bonds. The number of rotatable bonds is 10. The van der Waals surface area contributed by atoms with Gasteiger partial charge in [0, 0.05) is 31.7 Å². The minimum Gasteiger partial charge on any atom is -0.493 e. The van der Waals surface area contributed by atoms with Gasteiger partial charge in [0.05, 0.1) is 13.7 Å². The molecule has 1 aliphatic heterocycles. The maximum atomic E-state index is 12.6. The number of nitrogens with zero attached hydrogens (tertiary/aromatic N) is 2. The van der Waals surface area contributed by atoms with E-state index in [9.17, 15) is 18.4 Å². The van der Waals surface area contributed by atoms with E-state index in [0.717, 1.165) is 31.5 Å². The van der Waals surface area contributed by atoms with Gasteiger partial charge >= 0.3 is 6.61 Å². The van der Waals surface area contributed by atoms with E-state index in [4.69, 9.17) is 4.74 Å². The molecule has 0 atom stereocenters. The van der Waals surface area contributed by atoms with Gasteiger partial charge in [-0.15, -0.1) is 0 Å². The molecule has 33 heavy (non-hydrogen) atoms. The monoisotopic (exact) mass is 461 g/mol. The maximum Gasteiger partial charge on any atom is 0.387 e. The van der Waals surface area contributed by atoms with Crippen LogP contribution >= 0.6 is 0 Å². The molecule has 1 fully saturated rings. The molecule has 1 aliphatic rings. The van der Waals surface area contributed by atoms with Gasteiger partial charge in [0.25, 0.3) is 5.91 Å². The molecule has 1 N–H and O–H groups in total. The molecular weight excluding hydrogens is 432 g/mol. The Labute approximate surface area is 192 Å². The van der Waals surface area contributed by atoms with Crippen LogP contribution in [-0.2, 0) is 17.9 Å². The van der Waals surface area contributed by atoms with Crippen molar-refractivity contribution in [2.45, 2.75) is 32.5 Å². The zero-order valence-electron chi connectivity index (χ0n) is 18.9. The first kappa shape index (κ1) is 24.4. The number of carbonyl (C=O) groups is 2. The average Bonchev–Trinajstić information content (AvgIpc) is 3.32. The lowest BCUT2D eigenvalue weighted by Crippen LogP contribution is -2.34. The van der Waals surface area contributed by atoms with Crippen LogP contribution in [0.25, 0.3) is 0 Å². The van der Waals surface area contributed by atoms with Crippen molar-refractivity contribution in [1.82, 2.24) is 15.1 Å². The summed E-state index contributed by atoms with van der Waals surface area (Å²) in [5.74, 6) is 0.0414. The van der Waals surface area contributed by atoms with Crippen molar-refractivity contribution in [3.8, 4) is 11.5 Å². The van der Waals surface area contributed by atoms with E-state index in [-0.39, 0.29) is 29.9 Å². The molecule has 0 bridgehead atoms. The number of amides is 2. The fraction of sp³-hybridized carbons (Fsp3) is 0.417. The zero-order valence-corrected chi connectivity index (χ0v) is 18.9. The molecule has 0 aromatic heterocycles. The third-order valence-corrected chi connectivity index (χ3v) is 5.39. The van der Waals surface area contributed by atoms with Crippen molar-refractivity contribution in [2.75, 3.05) is 33.8 Å². The molecule has 2 aromatic rings. The van der Waals surface area contributed by atoms with Crippen molar-refractivity contribution in [2.24, 2.45) is 0 Å². The van der Waals surface area contributed by atoms with Crippen molar-refractivity contribution in [3.05, 3.63) is 59.2 Å². The van der Waals surface area contributed by atoms with Gasteiger partial charge in [-0.2, -0.15) is 8.78 Å². The molecule has 0 aliphatic carbocycles. The molecule has 178 valence electrons. The second kappa shape index (κ2) is 11.6. The summed E-state index contributed by atoms with van der Waals surface area (Å²) in [6.45, 7) is -0.500. The Hall–Kier alpha value is -3.20. The molecular formula is C24H29F2N3O4. The average molecular weight is 462 g/mol. The number of nitrogens with one attached hydrogen (secondary N) is 1. The Kier molecular flexibility index (Phi) is 8.59. The van der Waals surface area contributed by atoms with Crippen LogP contribution in [0.2, 0.25) is 0 Å². The van der Waals surface area contributed by atoms with Gasteiger partial charge in [0.1, 0.15) is 0 Å². The Bertz CT molecular complexity index is 947. The van der Waals surface area contributed by atoms with Gasteiger partial charge in [0.15, 0.2) is 11.5 Å². The highest BCUT2D eigenvalue weighted by Gasteiger charge is 2.19. The first-order valence-corrected chi connectivity index (χ1v) is 10.8. The summed E-state index contributed by atoms with van der Waals surface area (Å²) in [4.78, 5) is 28.3. The van der Waals surface area contributed by atoms with Gasteiger partial charge in [-0.1, -0.05) is 18.2 Å². The van der Waals surface area contributed by atoms with Crippen LogP contribution in [-0.4, -0.2) is 62.0 Å². The van der Waals surface area contributed by atoms with Crippen LogP contribution in [0.3, 0.4) is 0 Å². The summed E-state index contributed by atoms with van der Waals surface area (Å²) in [6.07, 6.45) is 2.10. The lowest BCUT2D eigenvalue weighted by atomic mass is 10.1. The SMILES string of the molecule is COc1ccc(CN(C)CC(=O)NCc2ccc(C(=O)N3CCCC3)cc2)cc1OC(F)F. The highest BCUT2D eigenvalue weighted by molar-refractivity contribution is 5.94. The van der Waals surface area contributed by atoms with E-state index in [0.29, 0.717) is 24.2 Å². The fourth-order valence-electron chi connectivity index (χ4n) is 3.74. The molecule has 0 saturated carbocycles. The molecule has 0 unspecified atom stereocenters. The van der Waals surface area contributed by atoms with Gasteiger partial charge in [-0.05, 0) is 55.3 Å². The molecule has 2 aromatic carbocycles. The van der Waals surface area contributed by atoms with Crippen molar-refractivity contribution in [1.29, 1.82) is 0 Å². The topological polar surface area (TPSA) is 71.1 Å². The third-order valence-electron chi connectivity index (χ3n) is 5.39. The number of methoxy groups -OCH3 is 1. The minimum atomic E-state index is -2.95. The van der Waals surface area contributed by atoms with Gasteiger partial charge < -0.3 is 19.7 Å². The Balaban J connectivity index is 1.47. The van der Waals surface area contributed by atoms with Crippen LogP contribution in [0.15, 0.2) is 42.5 Å². The number of alkyl halides is 2. The summed E-state index contributed by atoms with van der Waals surface area (Å²) < 4.78 is 34.7. The fourth-order valence-corrected chi connectivity index (χ4v) is 3.74. The number of hydrogen-bond donors (Lipinski definition) is 1. The van der Waals surface area contributed by atoms with Crippen LogP contribution in [0, 0.1) is 0 Å². The van der Waals surface area contributed by atoms with E-state index in [2.05, 4.69) is 10.1 Å². The number of likely N-dealkylation sites (N-methyl/N-ethyl adjacent to an activating group) is 1. The predicted octanol–water partition coefficient (Wildman–Crippen LogP) is 3.28. The number of carbonyl (C=O) groups excluding carboxylic acids is 2. The van der Waals surface area contributed by atoms with Gasteiger partial charge in [0.2, 0.25) is 5.91 Å². The van der Waals surface area contributed by atoms with Gasteiger partial charge in [-0.3, -0.25) is 14.5 Å². The standard InChI is InChI=1S/C24H29F2N3O4/c1-28(15-18-7-10-20(32-2)21(13-18)33-24(25)26)16-22(30)27-14-17-5-8-19(9-6-17)23(31)29-11-3-4-12-29/h5-10,13,24H,3-4,11-12,14-16H2,1-2H3,(H,27,30). The second-order valence-corrected chi connectivity index (χ2v) is 8.01. The Morgan fingerprint density at radius 1 is 1.06 bits per heavy atom. The highest BCUT2D eigenvalue weighted by Crippen LogP contribution is 2.29. The normalized spacial score (nSPS) is 13.5. The summed E-state index contributed by atoms with van der Waals surface area (Å²) in [5, 5.41) is 2.86. The number of halogens is 2. The van der Waals surface area contributed by atoms with Gasteiger partial charge in [-0.25, -0.2) is 0 Å². The maximum absolute atomic E-state index is 12.6. The van der Waals surface area contributed by atoms with Crippen LogP contribution in [0.4, 0.5) is 8.78 Å². The first-order valence-electron chi connectivity index (χ1n) is 10.8. The van der Waals surface area contributed by atoms with Crippen LogP contribution in [0.1, 0.15) is 34.3 Å². The van der Waals surface area contributed by atoms with Crippen LogP contribution in [0.5, 0.6) is 11.5 Å². The number of likely N-dealkylation sites (tertiary alicyclic amines) is 1. The van der Waals surface area contributed by atoms with Crippen molar-refractivity contribution in [3.63, 3.8) is 0 Å². The zero-order chi connectivity index (χ0) is 23.8. The molecule has 3 rings (SSSR count). The van der Waals surface area contributed by atoms with Crippen molar-refractivity contribution >= 4 is 11.8 Å². The van der Waals surface area contributed by atoms with Crippen LogP contribution < -0.4 is 14.8 Å². The lowest BCUT2D eigenvalue weighted by molar-refractivity contribution is -0.122. The van der Waals surface area contributed by atoms with Crippen molar-refractivity contribution < 1.29 is 27.8 Å².